The Kier molecular flexibility index (Phi) is 32.8. The Bertz CT molecular complexity index is 1050. The Hall–Kier alpha value is -1.80. The van der Waals surface area contributed by atoms with Crippen molar-refractivity contribution < 1.29 is 5.11 Å². The minimum atomic E-state index is 0.105. The van der Waals surface area contributed by atoms with Gasteiger partial charge in [-0.1, -0.05) is 262 Å². The molecule has 2 nitrogen and oxygen atoms in total. The fourth-order valence-corrected chi connectivity index (χ4v) is 8.67. The Morgan fingerprint density at radius 2 is 0.709 bits per heavy atom. The molecule has 2 heteroatoms. The topological polar surface area (TPSA) is 23.5 Å². The highest BCUT2D eigenvalue weighted by atomic mass is 16.3. The summed E-state index contributed by atoms with van der Waals surface area (Å²) in [6.45, 7) is 9.13. The molecular weight excluding hydrogens is 667 g/mol. The zero-order valence-corrected chi connectivity index (χ0v) is 37.3. The molecule has 0 aliphatic carbocycles. The van der Waals surface area contributed by atoms with Gasteiger partial charge in [0.1, 0.15) is 5.75 Å². The van der Waals surface area contributed by atoms with Crippen LogP contribution in [0.15, 0.2) is 48.5 Å². The molecule has 316 valence electrons. The lowest BCUT2D eigenvalue weighted by Crippen LogP contribution is -2.32. The normalized spacial score (nSPS) is 12.2. The maximum absolute atomic E-state index is 11.2. The van der Waals surface area contributed by atoms with Gasteiger partial charge in [0.2, 0.25) is 0 Å². The first-order chi connectivity index (χ1) is 27.2. The Labute approximate surface area is 344 Å². The third-order valence-corrected chi connectivity index (χ3v) is 12.3. The summed E-state index contributed by atoms with van der Waals surface area (Å²) in [6.07, 6.45) is 48.3. The molecule has 2 rings (SSSR count). The van der Waals surface area contributed by atoms with Gasteiger partial charge in [0.25, 0.3) is 0 Å². The molecule has 0 amide bonds. The second kappa shape index (κ2) is 36.5. The summed E-state index contributed by atoms with van der Waals surface area (Å²) in [5.74, 6) is 0.441. The molecule has 2 aromatic carbocycles. The Balaban J connectivity index is 1.93. The number of rotatable bonds is 40. The summed E-state index contributed by atoms with van der Waals surface area (Å²) in [5.41, 5.74) is 3.88. The maximum Gasteiger partial charge on any atom is 0.120 e. The summed E-state index contributed by atoms with van der Waals surface area (Å²) in [4.78, 5) is 2.74. The molecule has 0 aromatic heterocycles. The molecule has 0 saturated carbocycles. The molecule has 1 atom stereocenters. The number of aryl methyl sites for hydroxylation is 1. The van der Waals surface area contributed by atoms with Crippen molar-refractivity contribution in [2.45, 2.75) is 252 Å². The zero-order valence-electron chi connectivity index (χ0n) is 37.3. The van der Waals surface area contributed by atoms with Gasteiger partial charge in [-0.2, -0.15) is 0 Å². The van der Waals surface area contributed by atoms with Gasteiger partial charge in [-0.15, -0.1) is 0 Å². The third-order valence-electron chi connectivity index (χ3n) is 12.3. The molecule has 0 radical (unpaired) electrons. The molecule has 1 unspecified atom stereocenters. The average molecular weight is 760 g/mol. The molecule has 0 aliphatic rings. The summed E-state index contributed by atoms with van der Waals surface area (Å²) in [7, 11) is 0. The number of aromatic hydroxyl groups is 1. The maximum atomic E-state index is 11.2. The van der Waals surface area contributed by atoms with Crippen molar-refractivity contribution in [1.82, 2.24) is 4.90 Å². The van der Waals surface area contributed by atoms with Crippen molar-refractivity contribution in [1.29, 1.82) is 0 Å². The van der Waals surface area contributed by atoms with E-state index >= 15 is 0 Å². The van der Waals surface area contributed by atoms with E-state index in [9.17, 15) is 5.11 Å². The SMILES string of the molecule is CCCCCCCCCCCCCCN(CCCCCCCCCCCCCC)C(c1ccc(CCCCCCCCCCCC)cc1)c1ccccc1O. The molecular formula is C53H93NO. The largest absolute Gasteiger partial charge is 0.508 e. The van der Waals surface area contributed by atoms with Crippen LogP contribution in [0.25, 0.3) is 0 Å². The summed E-state index contributed by atoms with van der Waals surface area (Å²) in [5, 5.41) is 11.2. The molecule has 1 N–H and O–H groups in total. The number of hydrogen-bond acceptors (Lipinski definition) is 2. The first-order valence-corrected chi connectivity index (χ1v) is 24.8. The van der Waals surface area contributed by atoms with Crippen molar-refractivity contribution in [3.05, 3.63) is 65.2 Å². The van der Waals surface area contributed by atoms with Crippen LogP contribution in [0.2, 0.25) is 0 Å². The van der Waals surface area contributed by atoms with Crippen LogP contribution in [0.4, 0.5) is 0 Å². The molecule has 0 bridgehead atoms. The van der Waals surface area contributed by atoms with E-state index < -0.39 is 0 Å². The van der Waals surface area contributed by atoms with E-state index in [0.717, 1.165) is 18.7 Å². The van der Waals surface area contributed by atoms with E-state index in [1.54, 1.807) is 0 Å². The predicted molar refractivity (Wildman–Crippen MR) is 246 cm³/mol. The van der Waals surface area contributed by atoms with Crippen molar-refractivity contribution >= 4 is 0 Å². The summed E-state index contributed by atoms with van der Waals surface area (Å²) >= 11 is 0. The van der Waals surface area contributed by atoms with Crippen LogP contribution < -0.4 is 0 Å². The summed E-state index contributed by atoms with van der Waals surface area (Å²) in [6, 6.07) is 17.8. The van der Waals surface area contributed by atoms with Crippen LogP contribution in [0, 0.1) is 0 Å². The molecule has 55 heavy (non-hydrogen) atoms. The number of unbranched alkanes of at least 4 members (excludes halogenated alkanes) is 31. The van der Waals surface area contributed by atoms with Gasteiger partial charge >= 0.3 is 0 Å². The quantitative estimate of drug-likeness (QED) is 0.0684. The van der Waals surface area contributed by atoms with E-state index in [0.29, 0.717) is 5.75 Å². The van der Waals surface area contributed by atoms with E-state index in [2.05, 4.69) is 62.1 Å². The summed E-state index contributed by atoms with van der Waals surface area (Å²) < 4.78 is 0. The van der Waals surface area contributed by atoms with Crippen molar-refractivity contribution in [3.63, 3.8) is 0 Å². The highest BCUT2D eigenvalue weighted by Gasteiger charge is 2.24. The molecule has 0 aliphatic heterocycles. The number of benzene rings is 2. The molecule has 0 spiro atoms. The molecule has 2 aromatic rings. The number of nitrogens with zero attached hydrogens (tertiary/aromatic N) is 1. The zero-order chi connectivity index (χ0) is 39.3. The van der Waals surface area contributed by atoms with Crippen molar-refractivity contribution in [2.24, 2.45) is 0 Å². The lowest BCUT2D eigenvalue weighted by Gasteiger charge is -2.33. The Morgan fingerprint density at radius 1 is 0.382 bits per heavy atom. The van der Waals surface area contributed by atoms with E-state index in [1.165, 1.54) is 236 Å². The minimum absolute atomic E-state index is 0.105. The third kappa shape index (κ3) is 25.9. The van der Waals surface area contributed by atoms with Crippen LogP contribution in [-0.2, 0) is 6.42 Å². The minimum Gasteiger partial charge on any atom is -0.508 e. The van der Waals surface area contributed by atoms with E-state index in [-0.39, 0.29) is 6.04 Å². The number of para-hydroxylation sites is 1. The van der Waals surface area contributed by atoms with Crippen LogP contribution in [0.1, 0.15) is 262 Å². The first-order valence-electron chi connectivity index (χ1n) is 24.8. The second-order valence-corrected chi connectivity index (χ2v) is 17.4. The van der Waals surface area contributed by atoms with E-state index in [1.807, 2.05) is 12.1 Å². The van der Waals surface area contributed by atoms with Gasteiger partial charge in [0, 0.05) is 5.56 Å². The van der Waals surface area contributed by atoms with Gasteiger partial charge in [-0.3, -0.25) is 4.90 Å². The fourth-order valence-electron chi connectivity index (χ4n) is 8.67. The van der Waals surface area contributed by atoms with Gasteiger partial charge in [-0.05, 0) is 56.0 Å². The fraction of sp³-hybridized carbons (Fsp3) is 0.774. The monoisotopic (exact) mass is 760 g/mol. The van der Waals surface area contributed by atoms with Crippen LogP contribution in [0.5, 0.6) is 5.75 Å². The highest BCUT2D eigenvalue weighted by Crippen LogP contribution is 2.35. The lowest BCUT2D eigenvalue weighted by molar-refractivity contribution is 0.211. The number of phenols is 1. The lowest BCUT2D eigenvalue weighted by atomic mass is 9.93. The molecule has 0 heterocycles. The van der Waals surface area contributed by atoms with Crippen LogP contribution in [-0.4, -0.2) is 23.1 Å². The standard InChI is InChI=1S/C53H93NO/c1-4-7-10-13-16-19-22-24-27-30-33-38-47-54(48-39-34-31-28-25-23-20-17-14-11-8-5-2)53(51-41-36-37-42-52(51)55)50-45-43-49(44-46-50)40-35-32-29-26-21-18-15-12-9-6-3/h36-37,41-46,53,55H,4-35,38-40,47-48H2,1-3H3. The first kappa shape index (κ1) is 49.3. The van der Waals surface area contributed by atoms with Crippen LogP contribution >= 0.6 is 0 Å². The van der Waals surface area contributed by atoms with Crippen LogP contribution in [0.3, 0.4) is 0 Å². The van der Waals surface area contributed by atoms with Gasteiger partial charge in [0.05, 0.1) is 6.04 Å². The average Bonchev–Trinajstić information content (AvgIpc) is 3.20. The Morgan fingerprint density at radius 3 is 1.07 bits per heavy atom. The second-order valence-electron chi connectivity index (χ2n) is 17.4. The molecule has 0 saturated heterocycles. The van der Waals surface area contributed by atoms with E-state index in [4.69, 9.17) is 0 Å². The number of phenolic OH excluding ortho intramolecular Hbond substituents is 1. The van der Waals surface area contributed by atoms with Crippen molar-refractivity contribution in [3.8, 4) is 5.75 Å². The number of hydrogen-bond donors (Lipinski definition) is 1. The molecule has 0 fully saturated rings. The van der Waals surface area contributed by atoms with Gasteiger partial charge in [0.15, 0.2) is 0 Å². The highest BCUT2D eigenvalue weighted by molar-refractivity contribution is 5.41. The van der Waals surface area contributed by atoms with Crippen molar-refractivity contribution in [2.75, 3.05) is 13.1 Å². The smallest absolute Gasteiger partial charge is 0.120 e. The predicted octanol–water partition coefficient (Wildman–Crippen LogP) is 17.6. The van der Waals surface area contributed by atoms with Gasteiger partial charge < -0.3 is 5.11 Å². The van der Waals surface area contributed by atoms with Gasteiger partial charge in [-0.25, -0.2) is 0 Å².